The van der Waals surface area contributed by atoms with Crippen LogP contribution in [0.4, 0.5) is 5.69 Å². The average molecular weight is 325 g/mol. The lowest BCUT2D eigenvalue weighted by Crippen LogP contribution is -2.20. The van der Waals surface area contributed by atoms with Crippen LogP contribution < -0.4 is 14.8 Å². The normalized spacial score (nSPS) is 10.3. The molecule has 0 heterocycles. The number of hydrogen-bond donors (Lipinski definition) is 1. The third-order valence-electron chi connectivity index (χ3n) is 3.39. The zero-order valence-corrected chi connectivity index (χ0v) is 14.1. The molecule has 0 aromatic heterocycles. The van der Waals surface area contributed by atoms with Crippen LogP contribution in [0.2, 0.25) is 0 Å². The number of hydrogen-bond acceptors (Lipinski definition) is 3. The second kappa shape index (κ2) is 8.77. The van der Waals surface area contributed by atoms with E-state index in [1.807, 2.05) is 36.4 Å². The minimum absolute atomic E-state index is 0.0402. The molecule has 1 N–H and O–H groups in total. The molecule has 126 valence electrons. The van der Waals surface area contributed by atoms with Crippen LogP contribution in [0.25, 0.3) is 0 Å². The van der Waals surface area contributed by atoms with Crippen molar-refractivity contribution < 1.29 is 14.3 Å². The standard InChI is InChI=1S/C20H23NO3/c1-4-12-23-17-9-7-8-16(13-17)21-20(22)14-24-19-11-6-5-10-18(19)15(2)3/h4-11,13,15H,1,12,14H2,2-3H3,(H,21,22). The lowest BCUT2D eigenvalue weighted by molar-refractivity contribution is -0.118. The highest BCUT2D eigenvalue weighted by Crippen LogP contribution is 2.25. The van der Waals surface area contributed by atoms with Crippen molar-refractivity contribution in [1.82, 2.24) is 0 Å². The van der Waals surface area contributed by atoms with E-state index >= 15 is 0 Å². The summed E-state index contributed by atoms with van der Waals surface area (Å²) in [6, 6.07) is 15.0. The van der Waals surface area contributed by atoms with Gasteiger partial charge in [0.2, 0.25) is 0 Å². The second-order valence-electron chi connectivity index (χ2n) is 5.66. The van der Waals surface area contributed by atoms with Crippen molar-refractivity contribution >= 4 is 11.6 Å². The quantitative estimate of drug-likeness (QED) is 0.732. The molecule has 0 saturated carbocycles. The van der Waals surface area contributed by atoms with Crippen LogP contribution in [-0.2, 0) is 4.79 Å². The van der Waals surface area contributed by atoms with Crippen LogP contribution in [-0.4, -0.2) is 19.1 Å². The van der Waals surface area contributed by atoms with E-state index in [2.05, 4.69) is 25.7 Å². The molecule has 1 amide bonds. The number of carbonyl (C=O) groups is 1. The summed E-state index contributed by atoms with van der Waals surface area (Å²) in [6.45, 7) is 8.18. The second-order valence-corrected chi connectivity index (χ2v) is 5.66. The van der Waals surface area contributed by atoms with Crippen LogP contribution in [0, 0.1) is 0 Å². The summed E-state index contributed by atoms with van der Waals surface area (Å²) in [5.74, 6) is 1.54. The predicted molar refractivity (Wildman–Crippen MR) is 96.8 cm³/mol. The van der Waals surface area contributed by atoms with E-state index in [0.29, 0.717) is 24.0 Å². The Hall–Kier alpha value is -2.75. The van der Waals surface area contributed by atoms with E-state index in [0.717, 1.165) is 11.3 Å². The van der Waals surface area contributed by atoms with Gasteiger partial charge in [-0.15, -0.1) is 0 Å². The molecule has 2 rings (SSSR count). The topological polar surface area (TPSA) is 47.6 Å². The molecule has 4 heteroatoms. The molecule has 0 aliphatic rings. The van der Waals surface area contributed by atoms with E-state index in [1.165, 1.54) is 0 Å². The van der Waals surface area contributed by atoms with Crippen molar-refractivity contribution in [2.24, 2.45) is 0 Å². The maximum Gasteiger partial charge on any atom is 0.262 e. The number of anilines is 1. The summed E-state index contributed by atoms with van der Waals surface area (Å²) in [6.07, 6.45) is 1.67. The van der Waals surface area contributed by atoms with Gasteiger partial charge >= 0.3 is 0 Å². The summed E-state index contributed by atoms with van der Waals surface area (Å²) in [7, 11) is 0. The molecular formula is C20H23NO3. The Kier molecular flexibility index (Phi) is 6.43. The molecule has 4 nitrogen and oxygen atoms in total. The minimum Gasteiger partial charge on any atom is -0.489 e. The molecule has 0 atom stereocenters. The van der Waals surface area contributed by atoms with Crippen molar-refractivity contribution in [2.45, 2.75) is 19.8 Å². The molecule has 2 aromatic carbocycles. The van der Waals surface area contributed by atoms with Crippen LogP contribution in [0.1, 0.15) is 25.3 Å². The van der Waals surface area contributed by atoms with Crippen molar-refractivity contribution in [3.63, 3.8) is 0 Å². The molecule has 0 aliphatic carbocycles. The van der Waals surface area contributed by atoms with Crippen LogP contribution in [0.3, 0.4) is 0 Å². The molecule has 0 fully saturated rings. The average Bonchev–Trinajstić information content (AvgIpc) is 2.58. The molecule has 0 bridgehead atoms. The highest BCUT2D eigenvalue weighted by molar-refractivity contribution is 5.92. The van der Waals surface area contributed by atoms with Gasteiger partial charge in [0, 0.05) is 11.8 Å². The van der Waals surface area contributed by atoms with Crippen molar-refractivity contribution in [3.05, 3.63) is 66.7 Å². The molecule has 0 spiro atoms. The fraction of sp³-hybridized carbons (Fsp3) is 0.250. The maximum atomic E-state index is 12.1. The van der Waals surface area contributed by atoms with Gasteiger partial charge in [0.1, 0.15) is 18.1 Å². The third-order valence-corrected chi connectivity index (χ3v) is 3.39. The number of rotatable bonds is 8. The fourth-order valence-corrected chi connectivity index (χ4v) is 2.25. The smallest absolute Gasteiger partial charge is 0.262 e. The Labute approximate surface area is 143 Å². The highest BCUT2D eigenvalue weighted by Gasteiger charge is 2.09. The summed E-state index contributed by atoms with van der Waals surface area (Å²) in [4.78, 5) is 12.1. The minimum atomic E-state index is -0.213. The number of ether oxygens (including phenoxy) is 2. The van der Waals surface area contributed by atoms with E-state index in [9.17, 15) is 4.79 Å². The van der Waals surface area contributed by atoms with Gasteiger partial charge in [-0.2, -0.15) is 0 Å². The van der Waals surface area contributed by atoms with Gasteiger partial charge in [0.05, 0.1) is 0 Å². The summed E-state index contributed by atoms with van der Waals surface area (Å²) >= 11 is 0. The summed E-state index contributed by atoms with van der Waals surface area (Å²) in [5.41, 5.74) is 1.76. The first-order valence-electron chi connectivity index (χ1n) is 7.95. The van der Waals surface area contributed by atoms with Crippen molar-refractivity contribution in [2.75, 3.05) is 18.5 Å². The van der Waals surface area contributed by atoms with Crippen molar-refractivity contribution in [3.8, 4) is 11.5 Å². The first kappa shape index (κ1) is 17.6. The largest absolute Gasteiger partial charge is 0.489 e. The maximum absolute atomic E-state index is 12.1. The predicted octanol–water partition coefficient (Wildman–Crippen LogP) is 4.39. The summed E-state index contributed by atoms with van der Waals surface area (Å²) < 4.78 is 11.1. The number of carbonyl (C=O) groups excluding carboxylic acids is 1. The SMILES string of the molecule is C=CCOc1cccc(NC(=O)COc2ccccc2C(C)C)c1. The lowest BCUT2D eigenvalue weighted by atomic mass is 10.0. The monoisotopic (exact) mass is 325 g/mol. The van der Waals surface area contributed by atoms with Crippen molar-refractivity contribution in [1.29, 1.82) is 0 Å². The molecular weight excluding hydrogens is 302 g/mol. The molecule has 0 radical (unpaired) electrons. The van der Waals surface area contributed by atoms with E-state index in [4.69, 9.17) is 9.47 Å². The zero-order chi connectivity index (χ0) is 17.4. The Morgan fingerprint density at radius 2 is 1.96 bits per heavy atom. The Morgan fingerprint density at radius 3 is 2.71 bits per heavy atom. The van der Waals surface area contributed by atoms with Crippen LogP contribution >= 0.6 is 0 Å². The Morgan fingerprint density at radius 1 is 1.17 bits per heavy atom. The van der Waals surface area contributed by atoms with E-state index < -0.39 is 0 Å². The zero-order valence-electron chi connectivity index (χ0n) is 14.1. The summed E-state index contributed by atoms with van der Waals surface area (Å²) in [5, 5.41) is 2.81. The van der Waals surface area contributed by atoms with Crippen LogP contribution in [0.15, 0.2) is 61.2 Å². The van der Waals surface area contributed by atoms with Gasteiger partial charge in [0.15, 0.2) is 6.61 Å². The van der Waals surface area contributed by atoms with E-state index in [-0.39, 0.29) is 12.5 Å². The number of benzene rings is 2. The van der Waals surface area contributed by atoms with Gasteiger partial charge < -0.3 is 14.8 Å². The molecule has 0 saturated heterocycles. The Bertz CT molecular complexity index is 695. The number of para-hydroxylation sites is 1. The van der Waals surface area contributed by atoms with Gasteiger partial charge in [-0.1, -0.05) is 50.8 Å². The van der Waals surface area contributed by atoms with Gasteiger partial charge in [-0.05, 0) is 29.7 Å². The van der Waals surface area contributed by atoms with Gasteiger partial charge in [-0.25, -0.2) is 0 Å². The van der Waals surface area contributed by atoms with Gasteiger partial charge in [0.25, 0.3) is 5.91 Å². The number of nitrogens with one attached hydrogen (secondary N) is 1. The van der Waals surface area contributed by atoms with Gasteiger partial charge in [-0.3, -0.25) is 4.79 Å². The van der Waals surface area contributed by atoms with Crippen LogP contribution in [0.5, 0.6) is 11.5 Å². The highest BCUT2D eigenvalue weighted by atomic mass is 16.5. The molecule has 24 heavy (non-hydrogen) atoms. The molecule has 2 aromatic rings. The number of amides is 1. The fourth-order valence-electron chi connectivity index (χ4n) is 2.25. The third kappa shape index (κ3) is 5.16. The van der Waals surface area contributed by atoms with E-state index in [1.54, 1.807) is 18.2 Å². The molecule has 0 aliphatic heterocycles. The molecule has 0 unspecified atom stereocenters. The first-order valence-corrected chi connectivity index (χ1v) is 7.95. The first-order chi connectivity index (χ1) is 11.6. The Balaban J connectivity index is 1.93. The lowest BCUT2D eigenvalue weighted by Gasteiger charge is -2.14.